The molecule has 3 N–H and O–H groups in total. The second kappa shape index (κ2) is 8.35. The Morgan fingerprint density at radius 3 is 2.56 bits per heavy atom. The van der Waals surface area contributed by atoms with E-state index in [1.165, 1.54) is 12.1 Å². The largest absolute Gasteiger partial charge is 0.449 e. The number of aryl methyl sites for hydroxylation is 1. The number of aromatic amines is 1. The van der Waals surface area contributed by atoms with Gasteiger partial charge >= 0.3 is 6.09 Å². The van der Waals surface area contributed by atoms with Crippen molar-refractivity contribution in [3.8, 4) is 11.3 Å². The monoisotopic (exact) mass is 369 g/mol. The standard InChI is InChI=1S/C20H20FN3O3/c1-2-27-20(26)24-23-18(25)12-11-16-15-5-3-4-6-17(15)22-19(16)13-7-9-14(21)10-8-13/h3-10,22H,2,11-12H2,1H3,(H,23,25)(H,24,26). The third-order valence-corrected chi connectivity index (χ3v) is 4.13. The molecule has 7 heteroatoms. The second-order valence-corrected chi connectivity index (χ2v) is 5.92. The highest BCUT2D eigenvalue weighted by Gasteiger charge is 2.15. The number of aromatic nitrogens is 1. The molecule has 2 aromatic carbocycles. The summed E-state index contributed by atoms with van der Waals surface area (Å²) in [7, 11) is 0. The Balaban J connectivity index is 1.78. The van der Waals surface area contributed by atoms with E-state index in [-0.39, 0.29) is 24.8 Å². The topological polar surface area (TPSA) is 83.2 Å². The summed E-state index contributed by atoms with van der Waals surface area (Å²) in [5.74, 6) is -0.640. The molecule has 0 aliphatic carbocycles. The van der Waals surface area contributed by atoms with E-state index in [2.05, 4.69) is 20.6 Å². The number of H-pyrrole nitrogens is 1. The lowest BCUT2D eigenvalue weighted by Crippen LogP contribution is -2.42. The van der Waals surface area contributed by atoms with Crippen LogP contribution in [0.25, 0.3) is 22.2 Å². The van der Waals surface area contributed by atoms with Gasteiger partial charge in [0.1, 0.15) is 5.82 Å². The number of fused-ring (bicyclic) bond motifs is 1. The van der Waals surface area contributed by atoms with Gasteiger partial charge in [-0.15, -0.1) is 0 Å². The molecule has 6 nitrogen and oxygen atoms in total. The highest BCUT2D eigenvalue weighted by molar-refractivity contribution is 5.91. The second-order valence-electron chi connectivity index (χ2n) is 5.92. The van der Waals surface area contributed by atoms with E-state index in [0.29, 0.717) is 6.42 Å². The Kier molecular flexibility index (Phi) is 5.71. The SMILES string of the molecule is CCOC(=O)NNC(=O)CCc1c(-c2ccc(F)cc2)[nH]c2ccccc12. The molecule has 140 valence electrons. The lowest BCUT2D eigenvalue weighted by Gasteiger charge is -2.08. The zero-order valence-corrected chi connectivity index (χ0v) is 14.8. The van der Waals surface area contributed by atoms with Crippen molar-refractivity contribution >= 4 is 22.9 Å². The highest BCUT2D eigenvalue weighted by Crippen LogP contribution is 2.31. The Hall–Kier alpha value is -3.35. The maximum absolute atomic E-state index is 13.3. The minimum Gasteiger partial charge on any atom is -0.449 e. The number of carbonyl (C=O) groups is 2. The fourth-order valence-corrected chi connectivity index (χ4v) is 2.91. The molecule has 2 amide bonds. The van der Waals surface area contributed by atoms with Crippen LogP contribution in [0.3, 0.4) is 0 Å². The maximum Gasteiger partial charge on any atom is 0.426 e. The van der Waals surface area contributed by atoms with Crippen LogP contribution in [0.15, 0.2) is 48.5 Å². The summed E-state index contributed by atoms with van der Waals surface area (Å²) in [6.07, 6.45) is -0.0832. The number of hydrogen-bond acceptors (Lipinski definition) is 3. The van der Waals surface area contributed by atoms with Crippen molar-refractivity contribution < 1.29 is 18.7 Å². The third kappa shape index (κ3) is 4.44. The van der Waals surface area contributed by atoms with Gasteiger partial charge in [0.2, 0.25) is 5.91 Å². The van der Waals surface area contributed by atoms with Gasteiger partial charge < -0.3 is 9.72 Å². The smallest absolute Gasteiger partial charge is 0.426 e. The van der Waals surface area contributed by atoms with Gasteiger partial charge in [0, 0.05) is 23.0 Å². The molecule has 0 spiro atoms. The molecule has 3 rings (SSSR count). The summed E-state index contributed by atoms with van der Waals surface area (Å²) in [6, 6.07) is 14.0. The van der Waals surface area contributed by atoms with Crippen LogP contribution in [-0.4, -0.2) is 23.6 Å². The zero-order chi connectivity index (χ0) is 19.2. The van der Waals surface area contributed by atoms with Crippen LogP contribution in [0.4, 0.5) is 9.18 Å². The molecule has 0 atom stereocenters. The van der Waals surface area contributed by atoms with Crippen LogP contribution < -0.4 is 10.9 Å². The number of amides is 2. The molecule has 0 aliphatic heterocycles. The molecule has 3 aromatic rings. The average molecular weight is 369 g/mol. The number of halogens is 1. The van der Waals surface area contributed by atoms with E-state index < -0.39 is 6.09 Å². The number of hydrazine groups is 1. The van der Waals surface area contributed by atoms with E-state index in [1.54, 1.807) is 19.1 Å². The number of ether oxygens (including phenoxy) is 1. The average Bonchev–Trinajstić information content (AvgIpc) is 3.04. The van der Waals surface area contributed by atoms with E-state index in [9.17, 15) is 14.0 Å². The van der Waals surface area contributed by atoms with Gasteiger partial charge in [-0.2, -0.15) is 0 Å². The van der Waals surface area contributed by atoms with Crippen molar-refractivity contribution in [3.05, 3.63) is 59.9 Å². The summed E-state index contributed by atoms with van der Waals surface area (Å²) in [5, 5.41) is 1.00. The van der Waals surface area contributed by atoms with E-state index in [4.69, 9.17) is 0 Å². The van der Waals surface area contributed by atoms with Crippen molar-refractivity contribution in [2.24, 2.45) is 0 Å². The summed E-state index contributed by atoms with van der Waals surface area (Å²) in [4.78, 5) is 26.6. The first-order chi connectivity index (χ1) is 13.1. The third-order valence-electron chi connectivity index (χ3n) is 4.13. The molecule has 0 fully saturated rings. The highest BCUT2D eigenvalue weighted by atomic mass is 19.1. The molecule has 1 heterocycles. The van der Waals surface area contributed by atoms with Crippen LogP contribution >= 0.6 is 0 Å². The maximum atomic E-state index is 13.3. The molecule has 0 saturated heterocycles. The quantitative estimate of drug-likeness (QED) is 0.600. The fourth-order valence-electron chi connectivity index (χ4n) is 2.91. The van der Waals surface area contributed by atoms with Crippen LogP contribution in [0.5, 0.6) is 0 Å². The minimum absolute atomic E-state index is 0.169. The lowest BCUT2D eigenvalue weighted by atomic mass is 10.0. The number of para-hydroxylation sites is 1. The number of benzene rings is 2. The molecule has 0 radical (unpaired) electrons. The minimum atomic E-state index is -0.704. The van der Waals surface area contributed by atoms with Crippen molar-refractivity contribution in [2.45, 2.75) is 19.8 Å². The summed E-state index contributed by atoms with van der Waals surface area (Å²) >= 11 is 0. The Labute approximate surface area is 155 Å². The Morgan fingerprint density at radius 2 is 1.81 bits per heavy atom. The van der Waals surface area contributed by atoms with Gasteiger partial charge in [0.05, 0.1) is 6.61 Å². The van der Waals surface area contributed by atoms with E-state index in [1.807, 2.05) is 24.3 Å². The number of nitrogens with one attached hydrogen (secondary N) is 3. The number of rotatable bonds is 5. The van der Waals surface area contributed by atoms with Gasteiger partial charge in [-0.1, -0.05) is 18.2 Å². The van der Waals surface area contributed by atoms with Gasteiger partial charge in [0.25, 0.3) is 0 Å². The Morgan fingerprint density at radius 1 is 1.07 bits per heavy atom. The van der Waals surface area contributed by atoms with Crippen LogP contribution in [0.2, 0.25) is 0 Å². The summed E-state index contributed by atoms with van der Waals surface area (Å²) < 4.78 is 17.9. The molecule has 0 aliphatic rings. The predicted octanol–water partition coefficient (Wildman–Crippen LogP) is 3.68. The van der Waals surface area contributed by atoms with Gasteiger partial charge in [-0.25, -0.2) is 14.6 Å². The van der Waals surface area contributed by atoms with Crippen molar-refractivity contribution in [1.82, 2.24) is 15.8 Å². The molecular weight excluding hydrogens is 349 g/mol. The first kappa shape index (κ1) is 18.4. The first-order valence-electron chi connectivity index (χ1n) is 8.65. The van der Waals surface area contributed by atoms with Gasteiger partial charge in [-0.05, 0) is 54.8 Å². The lowest BCUT2D eigenvalue weighted by molar-refractivity contribution is -0.121. The Bertz CT molecular complexity index is 951. The van der Waals surface area contributed by atoms with E-state index in [0.717, 1.165) is 27.7 Å². The zero-order valence-electron chi connectivity index (χ0n) is 14.8. The van der Waals surface area contributed by atoms with Crippen molar-refractivity contribution in [1.29, 1.82) is 0 Å². The molecule has 0 unspecified atom stereocenters. The normalized spacial score (nSPS) is 10.6. The number of hydrogen-bond donors (Lipinski definition) is 3. The van der Waals surface area contributed by atoms with Gasteiger partial charge in [0.15, 0.2) is 0 Å². The molecule has 27 heavy (non-hydrogen) atoms. The summed E-state index contributed by atoms with van der Waals surface area (Å²) in [6.45, 7) is 1.90. The first-order valence-corrected chi connectivity index (χ1v) is 8.65. The fraction of sp³-hybridized carbons (Fsp3) is 0.200. The van der Waals surface area contributed by atoms with Crippen molar-refractivity contribution in [2.75, 3.05) is 6.61 Å². The molecule has 0 bridgehead atoms. The molecule has 1 aromatic heterocycles. The molecule has 0 saturated carbocycles. The van der Waals surface area contributed by atoms with Crippen LogP contribution in [0.1, 0.15) is 18.9 Å². The summed E-state index contributed by atoms with van der Waals surface area (Å²) in [5.41, 5.74) is 8.11. The van der Waals surface area contributed by atoms with E-state index >= 15 is 0 Å². The van der Waals surface area contributed by atoms with Crippen LogP contribution in [0, 0.1) is 5.82 Å². The van der Waals surface area contributed by atoms with Crippen LogP contribution in [-0.2, 0) is 16.0 Å². The predicted molar refractivity (Wildman–Crippen MR) is 100 cm³/mol. The number of carbonyl (C=O) groups excluding carboxylic acids is 2. The molecular formula is C20H20FN3O3. The van der Waals surface area contributed by atoms with Crippen molar-refractivity contribution in [3.63, 3.8) is 0 Å². The van der Waals surface area contributed by atoms with Gasteiger partial charge in [-0.3, -0.25) is 10.2 Å².